The molecule has 2 heterocycles. The molecule has 0 saturated carbocycles. The van der Waals surface area contributed by atoms with Gasteiger partial charge in [0.15, 0.2) is 0 Å². The van der Waals surface area contributed by atoms with Gasteiger partial charge in [0, 0.05) is 43.4 Å². The lowest BCUT2D eigenvalue weighted by atomic mass is 10.0. The molecule has 4 rings (SSSR count). The fourth-order valence-electron chi connectivity index (χ4n) is 3.84. The third-order valence-corrected chi connectivity index (χ3v) is 5.47. The Bertz CT molecular complexity index is 1040. The van der Waals surface area contributed by atoms with Crippen LogP contribution in [0.5, 0.6) is 0 Å². The van der Waals surface area contributed by atoms with E-state index in [-0.39, 0.29) is 5.91 Å². The van der Waals surface area contributed by atoms with Gasteiger partial charge in [0.05, 0.1) is 5.69 Å². The Balaban J connectivity index is 1.46. The van der Waals surface area contributed by atoms with Gasteiger partial charge in [-0.2, -0.15) is 0 Å². The second-order valence-corrected chi connectivity index (χ2v) is 7.73. The number of piperazine rings is 1. The molecule has 2 aromatic carbocycles. The number of aryl methyl sites for hydroxylation is 3. The van der Waals surface area contributed by atoms with Crippen LogP contribution in [0.2, 0.25) is 0 Å². The maximum absolute atomic E-state index is 12.9. The molecule has 0 aliphatic carbocycles. The number of carbonyl (C=O) groups excluding carboxylic acids is 1. The zero-order valence-electron chi connectivity index (χ0n) is 17.2. The first-order chi connectivity index (χ1) is 14.0. The Morgan fingerprint density at radius 2 is 1.62 bits per heavy atom. The molecule has 148 valence electrons. The number of nitrogens with zero attached hydrogens (tertiary/aromatic N) is 4. The molecule has 29 heavy (non-hydrogen) atoms. The van der Waals surface area contributed by atoms with Crippen LogP contribution in [-0.4, -0.2) is 47.0 Å². The standard InChI is InChI=1S/C24H26N4O/c1-17-5-4-6-20(14-17)22-15-23(26-16-25-22)27-9-11-28(12-10-27)24(29)21-8-7-18(2)13-19(21)3/h4-8,13-16H,9-12H2,1-3H3. The van der Waals surface area contributed by atoms with Crippen molar-refractivity contribution in [2.24, 2.45) is 0 Å². The van der Waals surface area contributed by atoms with Gasteiger partial charge in [0.25, 0.3) is 5.91 Å². The van der Waals surface area contributed by atoms with E-state index in [9.17, 15) is 4.79 Å². The summed E-state index contributed by atoms with van der Waals surface area (Å²) in [5.41, 5.74) is 6.24. The molecule has 1 aromatic heterocycles. The Labute approximate surface area is 172 Å². The van der Waals surface area contributed by atoms with Crippen molar-refractivity contribution in [3.63, 3.8) is 0 Å². The average molecular weight is 386 g/mol. The van der Waals surface area contributed by atoms with E-state index in [2.05, 4.69) is 46.1 Å². The summed E-state index contributed by atoms with van der Waals surface area (Å²) < 4.78 is 0. The molecule has 0 unspecified atom stereocenters. The zero-order chi connectivity index (χ0) is 20.4. The SMILES string of the molecule is Cc1cccc(-c2cc(N3CCN(C(=O)c4ccc(C)cc4C)CC3)ncn2)c1. The van der Waals surface area contributed by atoms with Crippen LogP contribution in [-0.2, 0) is 0 Å². The minimum Gasteiger partial charge on any atom is -0.353 e. The van der Waals surface area contributed by atoms with Gasteiger partial charge in [-0.3, -0.25) is 4.79 Å². The number of hydrogen-bond acceptors (Lipinski definition) is 4. The largest absolute Gasteiger partial charge is 0.353 e. The van der Waals surface area contributed by atoms with Crippen LogP contribution in [0, 0.1) is 20.8 Å². The lowest BCUT2D eigenvalue weighted by Crippen LogP contribution is -2.49. The average Bonchev–Trinajstić information content (AvgIpc) is 2.73. The summed E-state index contributed by atoms with van der Waals surface area (Å²) in [6.07, 6.45) is 1.63. The van der Waals surface area contributed by atoms with Crippen molar-refractivity contribution in [3.05, 3.63) is 77.1 Å². The number of aromatic nitrogens is 2. The lowest BCUT2D eigenvalue weighted by molar-refractivity contribution is 0.0746. The highest BCUT2D eigenvalue weighted by atomic mass is 16.2. The van der Waals surface area contributed by atoms with Crippen molar-refractivity contribution in [3.8, 4) is 11.3 Å². The first-order valence-electron chi connectivity index (χ1n) is 10.0. The quantitative estimate of drug-likeness (QED) is 0.682. The van der Waals surface area contributed by atoms with E-state index in [4.69, 9.17) is 0 Å². The van der Waals surface area contributed by atoms with Crippen LogP contribution in [0.25, 0.3) is 11.3 Å². The van der Waals surface area contributed by atoms with Gasteiger partial charge >= 0.3 is 0 Å². The van der Waals surface area contributed by atoms with Gasteiger partial charge in [0.1, 0.15) is 12.1 Å². The first-order valence-corrected chi connectivity index (χ1v) is 10.0. The highest BCUT2D eigenvalue weighted by Crippen LogP contribution is 2.23. The highest BCUT2D eigenvalue weighted by molar-refractivity contribution is 5.95. The first kappa shape index (κ1) is 19.1. The predicted molar refractivity (Wildman–Crippen MR) is 116 cm³/mol. The fourth-order valence-corrected chi connectivity index (χ4v) is 3.84. The molecule has 0 bridgehead atoms. The van der Waals surface area contributed by atoms with Crippen molar-refractivity contribution in [2.45, 2.75) is 20.8 Å². The summed E-state index contributed by atoms with van der Waals surface area (Å²) in [4.78, 5) is 26.0. The number of amides is 1. The van der Waals surface area contributed by atoms with Crippen LogP contribution >= 0.6 is 0 Å². The Kier molecular flexibility index (Phi) is 5.30. The molecule has 0 spiro atoms. The minimum absolute atomic E-state index is 0.116. The third kappa shape index (κ3) is 4.14. The van der Waals surface area contributed by atoms with E-state index < -0.39 is 0 Å². The Morgan fingerprint density at radius 3 is 2.34 bits per heavy atom. The van der Waals surface area contributed by atoms with Gasteiger partial charge in [-0.1, -0.05) is 41.5 Å². The van der Waals surface area contributed by atoms with Crippen molar-refractivity contribution >= 4 is 11.7 Å². The fraction of sp³-hybridized carbons (Fsp3) is 0.292. The second kappa shape index (κ2) is 8.03. The van der Waals surface area contributed by atoms with Crippen LogP contribution in [0.1, 0.15) is 27.0 Å². The van der Waals surface area contributed by atoms with Crippen LogP contribution in [0.4, 0.5) is 5.82 Å². The summed E-state index contributed by atoms with van der Waals surface area (Å²) in [5, 5.41) is 0. The summed E-state index contributed by atoms with van der Waals surface area (Å²) in [6.45, 7) is 9.04. The molecular weight excluding hydrogens is 360 g/mol. The molecule has 1 aliphatic rings. The van der Waals surface area contributed by atoms with Crippen molar-refractivity contribution in [2.75, 3.05) is 31.1 Å². The predicted octanol–water partition coefficient (Wildman–Crippen LogP) is 4.03. The summed E-state index contributed by atoms with van der Waals surface area (Å²) in [5.74, 6) is 1.03. The highest BCUT2D eigenvalue weighted by Gasteiger charge is 2.24. The molecule has 1 fully saturated rings. The Morgan fingerprint density at radius 1 is 0.862 bits per heavy atom. The smallest absolute Gasteiger partial charge is 0.254 e. The zero-order valence-corrected chi connectivity index (χ0v) is 17.2. The van der Waals surface area contributed by atoms with E-state index in [1.807, 2.05) is 43.0 Å². The lowest BCUT2D eigenvalue weighted by Gasteiger charge is -2.35. The van der Waals surface area contributed by atoms with Gasteiger partial charge in [0.2, 0.25) is 0 Å². The number of benzene rings is 2. The monoisotopic (exact) mass is 386 g/mol. The van der Waals surface area contributed by atoms with Crippen molar-refractivity contribution in [1.29, 1.82) is 0 Å². The van der Waals surface area contributed by atoms with Gasteiger partial charge < -0.3 is 9.80 Å². The second-order valence-electron chi connectivity index (χ2n) is 7.73. The topological polar surface area (TPSA) is 49.3 Å². The van der Waals surface area contributed by atoms with E-state index in [0.29, 0.717) is 13.1 Å². The maximum Gasteiger partial charge on any atom is 0.254 e. The van der Waals surface area contributed by atoms with E-state index >= 15 is 0 Å². The molecule has 1 amide bonds. The van der Waals surface area contributed by atoms with E-state index in [0.717, 1.165) is 41.3 Å². The van der Waals surface area contributed by atoms with Gasteiger partial charge in [-0.05, 0) is 38.5 Å². The van der Waals surface area contributed by atoms with Gasteiger partial charge in [-0.25, -0.2) is 9.97 Å². The van der Waals surface area contributed by atoms with Crippen molar-refractivity contribution < 1.29 is 4.79 Å². The molecular formula is C24H26N4O. The van der Waals surface area contributed by atoms with E-state index in [1.165, 1.54) is 11.1 Å². The number of anilines is 1. The van der Waals surface area contributed by atoms with E-state index in [1.54, 1.807) is 6.33 Å². The number of rotatable bonds is 3. The van der Waals surface area contributed by atoms with Crippen LogP contribution in [0.15, 0.2) is 54.9 Å². The normalized spacial score (nSPS) is 14.2. The van der Waals surface area contributed by atoms with Crippen molar-refractivity contribution in [1.82, 2.24) is 14.9 Å². The molecule has 0 radical (unpaired) electrons. The van der Waals surface area contributed by atoms with Crippen LogP contribution < -0.4 is 4.90 Å². The molecule has 3 aromatic rings. The van der Waals surface area contributed by atoms with Crippen LogP contribution in [0.3, 0.4) is 0 Å². The molecule has 5 nitrogen and oxygen atoms in total. The third-order valence-electron chi connectivity index (χ3n) is 5.47. The molecule has 0 atom stereocenters. The number of hydrogen-bond donors (Lipinski definition) is 0. The number of carbonyl (C=O) groups is 1. The minimum atomic E-state index is 0.116. The summed E-state index contributed by atoms with van der Waals surface area (Å²) in [7, 11) is 0. The maximum atomic E-state index is 12.9. The summed E-state index contributed by atoms with van der Waals surface area (Å²) in [6, 6.07) is 16.4. The molecule has 1 saturated heterocycles. The molecule has 1 aliphatic heterocycles. The summed E-state index contributed by atoms with van der Waals surface area (Å²) >= 11 is 0. The van der Waals surface area contributed by atoms with Gasteiger partial charge in [-0.15, -0.1) is 0 Å². The molecule has 5 heteroatoms. The molecule has 0 N–H and O–H groups in total. The Hall–Kier alpha value is -3.21.